The first kappa shape index (κ1) is 27.5. The van der Waals surface area contributed by atoms with Gasteiger partial charge in [0.25, 0.3) is 11.5 Å². The predicted octanol–water partition coefficient (Wildman–Crippen LogP) is 7.77. The summed E-state index contributed by atoms with van der Waals surface area (Å²) >= 11 is 13.2. The number of carbonyl (C=O) groups is 2. The highest BCUT2D eigenvalue weighted by Crippen LogP contribution is 2.49. The minimum absolute atomic E-state index is 0.0297. The molecule has 0 fully saturated rings. The first-order valence-electron chi connectivity index (χ1n) is 12.0. The third kappa shape index (κ3) is 5.01. The van der Waals surface area contributed by atoms with Gasteiger partial charge in [-0.3, -0.25) is 4.79 Å². The van der Waals surface area contributed by atoms with Crippen molar-refractivity contribution in [3.63, 3.8) is 0 Å². The molecule has 1 aliphatic heterocycles. The lowest BCUT2D eigenvalue weighted by Gasteiger charge is -2.29. The summed E-state index contributed by atoms with van der Waals surface area (Å²) in [5, 5.41) is 16.6. The second-order valence-electron chi connectivity index (χ2n) is 9.49. The Kier molecular flexibility index (Phi) is 7.15. The second kappa shape index (κ2) is 10.1. The molecule has 1 atom stereocenters. The van der Waals surface area contributed by atoms with Gasteiger partial charge in [-0.2, -0.15) is 13.2 Å². The molecule has 0 saturated heterocycles. The van der Waals surface area contributed by atoms with E-state index in [1.54, 1.807) is 13.0 Å². The Bertz CT molecular complexity index is 1520. The number of thiophene rings is 1. The van der Waals surface area contributed by atoms with Crippen LogP contribution in [0.5, 0.6) is 0 Å². The number of nitrogens with zero attached hydrogens (tertiary/aromatic N) is 1. The molecular formula is C27H21Cl2F3N2O4S. The number of nitrogens with one attached hydrogen (secondary N) is 1. The van der Waals surface area contributed by atoms with Gasteiger partial charge < -0.3 is 15.3 Å². The number of alkyl halides is 3. The van der Waals surface area contributed by atoms with E-state index in [0.29, 0.717) is 17.5 Å². The number of carbonyl (C=O) groups excluding carboxylic acids is 1. The standard InChI is InChI=1S/C27H21Cl2F3N2O4S/c1-13-8-14(20-12-26(38-34-20,27(30,31)32)15-9-16(28)11-17(29)10-15)6-7-18(13)23(35)33-24-22(25(36)37)19-4-2-3-5-21(19)39-24/h6-11H,2-5,12H2,1H3,(H,33,35)(H,36,37). The zero-order valence-electron chi connectivity index (χ0n) is 20.4. The van der Waals surface area contributed by atoms with Gasteiger partial charge >= 0.3 is 12.1 Å². The first-order chi connectivity index (χ1) is 18.4. The maximum absolute atomic E-state index is 14.3. The van der Waals surface area contributed by atoms with Crippen LogP contribution in [-0.2, 0) is 23.3 Å². The fraction of sp³-hybridized carbons (Fsp3) is 0.296. The Hall–Kier alpha value is -3.08. The van der Waals surface area contributed by atoms with Crippen LogP contribution in [0.15, 0.2) is 41.6 Å². The molecule has 3 aromatic rings. The fourth-order valence-electron chi connectivity index (χ4n) is 4.99. The summed E-state index contributed by atoms with van der Waals surface area (Å²) in [5.41, 5.74) is -1.03. The van der Waals surface area contributed by atoms with Crippen LogP contribution in [0.25, 0.3) is 0 Å². The average Bonchev–Trinajstić information content (AvgIpc) is 3.46. The van der Waals surface area contributed by atoms with Crippen molar-refractivity contribution in [2.45, 2.75) is 50.8 Å². The first-order valence-corrected chi connectivity index (χ1v) is 13.6. The maximum atomic E-state index is 14.3. The van der Waals surface area contributed by atoms with Gasteiger partial charge in [0, 0.05) is 32.5 Å². The lowest BCUT2D eigenvalue weighted by atomic mass is 9.86. The molecule has 2 aliphatic rings. The molecule has 0 bridgehead atoms. The van der Waals surface area contributed by atoms with Crippen molar-refractivity contribution in [3.05, 3.63) is 84.7 Å². The lowest BCUT2D eigenvalue weighted by molar-refractivity contribution is -0.275. The number of aromatic carboxylic acids is 1. The van der Waals surface area contributed by atoms with Gasteiger partial charge in [-0.05, 0) is 79.6 Å². The fourth-order valence-corrected chi connectivity index (χ4v) is 6.80. The van der Waals surface area contributed by atoms with Crippen molar-refractivity contribution in [2.75, 3.05) is 5.32 Å². The van der Waals surface area contributed by atoms with Crippen LogP contribution in [-0.4, -0.2) is 28.9 Å². The summed E-state index contributed by atoms with van der Waals surface area (Å²) in [6, 6.07) is 8.12. The number of anilines is 1. The molecule has 1 aromatic heterocycles. The highest BCUT2D eigenvalue weighted by molar-refractivity contribution is 7.17. The van der Waals surface area contributed by atoms with Crippen molar-refractivity contribution in [2.24, 2.45) is 5.16 Å². The number of fused-ring (bicyclic) bond motifs is 1. The SMILES string of the molecule is Cc1cc(C2=NOC(c3cc(Cl)cc(Cl)c3)(C(F)(F)F)C2)ccc1C(=O)Nc1sc2c(c1C(=O)O)CCCC2. The number of hydrogen-bond acceptors (Lipinski definition) is 5. The number of amides is 1. The molecule has 0 saturated carbocycles. The van der Waals surface area contributed by atoms with E-state index < -0.39 is 30.1 Å². The third-order valence-electron chi connectivity index (χ3n) is 6.93. The third-order valence-corrected chi connectivity index (χ3v) is 8.57. The molecule has 0 radical (unpaired) electrons. The molecule has 2 aromatic carbocycles. The summed E-state index contributed by atoms with van der Waals surface area (Å²) in [4.78, 5) is 31.1. The van der Waals surface area contributed by atoms with Gasteiger partial charge in [-0.15, -0.1) is 11.3 Å². The molecule has 12 heteroatoms. The Balaban J connectivity index is 1.40. The predicted molar refractivity (Wildman–Crippen MR) is 143 cm³/mol. The Morgan fingerprint density at radius 1 is 1.10 bits per heavy atom. The molecule has 2 N–H and O–H groups in total. The zero-order chi connectivity index (χ0) is 28.1. The van der Waals surface area contributed by atoms with Gasteiger partial charge in [-0.1, -0.05) is 34.4 Å². The summed E-state index contributed by atoms with van der Waals surface area (Å²) in [7, 11) is 0. The van der Waals surface area contributed by atoms with Crippen molar-refractivity contribution in [1.29, 1.82) is 0 Å². The van der Waals surface area contributed by atoms with Crippen molar-refractivity contribution < 1.29 is 32.7 Å². The largest absolute Gasteiger partial charge is 0.478 e. The van der Waals surface area contributed by atoms with Crippen LogP contribution in [0.2, 0.25) is 10.0 Å². The normalized spacial score (nSPS) is 18.8. The van der Waals surface area contributed by atoms with E-state index in [1.165, 1.54) is 29.5 Å². The van der Waals surface area contributed by atoms with Crippen molar-refractivity contribution in [3.8, 4) is 0 Å². The molecule has 1 amide bonds. The van der Waals surface area contributed by atoms with Crippen LogP contribution in [0.1, 0.15) is 67.1 Å². The topological polar surface area (TPSA) is 88.0 Å². The Morgan fingerprint density at radius 3 is 2.44 bits per heavy atom. The molecule has 204 valence electrons. The van der Waals surface area contributed by atoms with Gasteiger partial charge in [-0.25, -0.2) is 4.79 Å². The van der Waals surface area contributed by atoms with Crippen LogP contribution in [0, 0.1) is 6.92 Å². The monoisotopic (exact) mass is 596 g/mol. The van der Waals surface area contributed by atoms with Crippen LogP contribution in [0.3, 0.4) is 0 Å². The quantitative estimate of drug-likeness (QED) is 0.315. The van der Waals surface area contributed by atoms with Crippen LogP contribution in [0.4, 0.5) is 18.2 Å². The molecule has 2 heterocycles. The van der Waals surface area contributed by atoms with Gasteiger partial charge in [0.05, 0.1) is 11.3 Å². The van der Waals surface area contributed by atoms with Gasteiger partial charge in [0.1, 0.15) is 5.00 Å². The number of rotatable bonds is 5. The number of aryl methyl sites for hydroxylation is 2. The van der Waals surface area contributed by atoms with E-state index in [9.17, 15) is 27.9 Å². The lowest BCUT2D eigenvalue weighted by Crippen LogP contribution is -2.42. The molecule has 0 spiro atoms. The van der Waals surface area contributed by atoms with E-state index >= 15 is 0 Å². The summed E-state index contributed by atoms with van der Waals surface area (Å²) in [6.45, 7) is 1.64. The van der Waals surface area contributed by atoms with Crippen LogP contribution < -0.4 is 5.32 Å². The highest BCUT2D eigenvalue weighted by atomic mass is 35.5. The molecule has 1 aliphatic carbocycles. The van der Waals surface area contributed by atoms with E-state index in [1.807, 2.05) is 0 Å². The average molecular weight is 597 g/mol. The summed E-state index contributed by atoms with van der Waals surface area (Å²) in [6.07, 6.45) is -2.17. The summed E-state index contributed by atoms with van der Waals surface area (Å²) < 4.78 is 42.9. The molecule has 5 rings (SSSR count). The molecule has 1 unspecified atom stereocenters. The molecule has 39 heavy (non-hydrogen) atoms. The van der Waals surface area contributed by atoms with Gasteiger partial charge in [0.15, 0.2) is 0 Å². The number of benzene rings is 2. The smallest absolute Gasteiger partial charge is 0.435 e. The number of carboxylic acid groups (broad SMARTS) is 1. The minimum atomic E-state index is -4.83. The van der Waals surface area contributed by atoms with E-state index in [-0.39, 0.29) is 37.4 Å². The molecular weight excluding hydrogens is 576 g/mol. The Morgan fingerprint density at radius 2 is 1.79 bits per heavy atom. The van der Waals surface area contributed by atoms with E-state index in [2.05, 4.69) is 10.5 Å². The second-order valence-corrected chi connectivity index (χ2v) is 11.5. The van der Waals surface area contributed by atoms with Crippen molar-refractivity contribution >= 4 is 57.1 Å². The van der Waals surface area contributed by atoms with E-state index in [0.717, 1.165) is 41.8 Å². The number of carboxylic acids is 1. The van der Waals surface area contributed by atoms with Crippen LogP contribution >= 0.6 is 34.5 Å². The minimum Gasteiger partial charge on any atom is -0.478 e. The Labute approximate surface area is 235 Å². The van der Waals surface area contributed by atoms with E-state index in [4.69, 9.17) is 28.0 Å². The van der Waals surface area contributed by atoms with Crippen molar-refractivity contribution in [1.82, 2.24) is 0 Å². The molecule has 6 nitrogen and oxygen atoms in total. The summed E-state index contributed by atoms with van der Waals surface area (Å²) in [5.74, 6) is -1.60. The maximum Gasteiger partial charge on any atom is 0.435 e. The number of oxime groups is 1. The van der Waals surface area contributed by atoms with Gasteiger partial charge in [0.2, 0.25) is 0 Å². The highest BCUT2D eigenvalue weighted by Gasteiger charge is 2.62. The number of hydrogen-bond donors (Lipinski definition) is 2. The zero-order valence-corrected chi connectivity index (χ0v) is 22.7. The number of halogens is 5.